The van der Waals surface area contributed by atoms with Crippen LogP contribution in [0.4, 0.5) is 5.82 Å². The van der Waals surface area contributed by atoms with Crippen LogP contribution in [0.5, 0.6) is 0 Å². The lowest BCUT2D eigenvalue weighted by Gasteiger charge is -2.42. The Bertz CT molecular complexity index is 524. The minimum atomic E-state index is 0.517. The quantitative estimate of drug-likeness (QED) is 0.899. The lowest BCUT2D eigenvalue weighted by Crippen LogP contribution is -2.50. The van der Waals surface area contributed by atoms with E-state index in [1.165, 1.54) is 50.9 Å². The van der Waals surface area contributed by atoms with Crippen molar-refractivity contribution in [3.05, 3.63) is 17.6 Å². The number of nitrogens with one attached hydrogen (secondary N) is 1. The highest BCUT2D eigenvalue weighted by atomic mass is 15.2. The SMILES string of the molecule is CCCc1cnc(C)nc1NC1CCCN(C2CCN(C)CC2)C1. The largest absolute Gasteiger partial charge is 0.366 e. The van der Waals surface area contributed by atoms with Gasteiger partial charge in [-0.2, -0.15) is 0 Å². The van der Waals surface area contributed by atoms with Crippen molar-refractivity contribution in [1.29, 1.82) is 0 Å². The summed E-state index contributed by atoms with van der Waals surface area (Å²) in [7, 11) is 2.24. The molecule has 5 heteroatoms. The Kier molecular flexibility index (Phi) is 6.06. The highest BCUT2D eigenvalue weighted by Gasteiger charge is 2.28. The second-order valence-corrected chi connectivity index (χ2v) is 7.55. The highest BCUT2D eigenvalue weighted by Crippen LogP contribution is 2.23. The fourth-order valence-corrected chi connectivity index (χ4v) is 4.08. The Balaban J connectivity index is 1.62. The van der Waals surface area contributed by atoms with Crippen LogP contribution < -0.4 is 5.32 Å². The number of likely N-dealkylation sites (tertiary alicyclic amines) is 2. The third kappa shape index (κ3) is 4.45. The molecule has 2 saturated heterocycles. The number of anilines is 1. The highest BCUT2D eigenvalue weighted by molar-refractivity contribution is 5.44. The van der Waals surface area contributed by atoms with Gasteiger partial charge in [0, 0.05) is 30.4 Å². The Labute approximate surface area is 146 Å². The van der Waals surface area contributed by atoms with Gasteiger partial charge in [0.25, 0.3) is 0 Å². The zero-order chi connectivity index (χ0) is 16.9. The molecule has 0 aromatic carbocycles. The first-order valence-corrected chi connectivity index (χ1v) is 9.67. The molecule has 3 rings (SSSR count). The molecule has 2 fully saturated rings. The Morgan fingerprint density at radius 3 is 2.75 bits per heavy atom. The predicted molar refractivity (Wildman–Crippen MR) is 99.5 cm³/mol. The third-order valence-electron chi connectivity index (χ3n) is 5.50. The van der Waals surface area contributed by atoms with Crippen molar-refractivity contribution in [2.24, 2.45) is 0 Å². The molecule has 0 amide bonds. The molecule has 1 N–H and O–H groups in total. The smallest absolute Gasteiger partial charge is 0.133 e. The van der Waals surface area contributed by atoms with Crippen LogP contribution in [0.3, 0.4) is 0 Å². The normalized spacial score (nSPS) is 24.2. The van der Waals surface area contributed by atoms with Gasteiger partial charge in [0.05, 0.1) is 0 Å². The Hall–Kier alpha value is -1.20. The first-order chi connectivity index (χ1) is 11.7. The molecule has 24 heavy (non-hydrogen) atoms. The van der Waals surface area contributed by atoms with E-state index in [-0.39, 0.29) is 0 Å². The monoisotopic (exact) mass is 331 g/mol. The molecule has 3 heterocycles. The molecule has 0 radical (unpaired) electrons. The van der Waals surface area contributed by atoms with Gasteiger partial charge < -0.3 is 10.2 Å². The van der Waals surface area contributed by atoms with Gasteiger partial charge in [-0.15, -0.1) is 0 Å². The molecule has 1 aromatic rings. The number of aryl methyl sites for hydroxylation is 2. The molecule has 1 atom stereocenters. The summed E-state index contributed by atoms with van der Waals surface area (Å²) in [4.78, 5) is 14.2. The molecule has 2 aliphatic rings. The standard InChI is InChI=1S/C19H33N5/c1-4-6-16-13-20-15(2)21-19(16)22-17-7-5-10-24(14-17)18-8-11-23(3)12-9-18/h13,17-18H,4-12,14H2,1-3H3,(H,20,21,22). The minimum absolute atomic E-state index is 0.517. The van der Waals surface area contributed by atoms with Crippen molar-refractivity contribution in [1.82, 2.24) is 19.8 Å². The van der Waals surface area contributed by atoms with E-state index in [9.17, 15) is 0 Å². The summed E-state index contributed by atoms with van der Waals surface area (Å²) >= 11 is 0. The van der Waals surface area contributed by atoms with E-state index in [0.29, 0.717) is 6.04 Å². The van der Waals surface area contributed by atoms with Gasteiger partial charge in [0.1, 0.15) is 11.6 Å². The molecule has 1 unspecified atom stereocenters. The van der Waals surface area contributed by atoms with Crippen LogP contribution in [-0.4, -0.2) is 65.1 Å². The zero-order valence-electron chi connectivity index (χ0n) is 15.6. The molecule has 0 bridgehead atoms. The fraction of sp³-hybridized carbons (Fsp3) is 0.789. The van der Waals surface area contributed by atoms with Crippen LogP contribution in [0.2, 0.25) is 0 Å². The van der Waals surface area contributed by atoms with Gasteiger partial charge in [0.15, 0.2) is 0 Å². The van der Waals surface area contributed by atoms with E-state index in [4.69, 9.17) is 0 Å². The summed E-state index contributed by atoms with van der Waals surface area (Å²) in [6.07, 6.45) is 9.36. The van der Waals surface area contributed by atoms with Crippen LogP contribution >= 0.6 is 0 Å². The molecular formula is C19H33N5. The Morgan fingerprint density at radius 1 is 1.21 bits per heavy atom. The van der Waals surface area contributed by atoms with Crippen molar-refractivity contribution in [2.75, 3.05) is 38.5 Å². The third-order valence-corrected chi connectivity index (χ3v) is 5.50. The topological polar surface area (TPSA) is 44.3 Å². The molecule has 0 aliphatic carbocycles. The summed E-state index contributed by atoms with van der Waals surface area (Å²) in [5.74, 6) is 1.93. The lowest BCUT2D eigenvalue weighted by molar-refractivity contribution is 0.0978. The van der Waals surface area contributed by atoms with Gasteiger partial charge in [0.2, 0.25) is 0 Å². The molecular weight excluding hydrogens is 298 g/mol. The average molecular weight is 332 g/mol. The molecule has 5 nitrogen and oxygen atoms in total. The van der Waals surface area contributed by atoms with Crippen molar-refractivity contribution in [2.45, 2.75) is 64.5 Å². The maximum absolute atomic E-state index is 4.69. The number of aromatic nitrogens is 2. The first-order valence-electron chi connectivity index (χ1n) is 9.67. The summed E-state index contributed by atoms with van der Waals surface area (Å²) < 4.78 is 0. The lowest BCUT2D eigenvalue weighted by atomic mass is 9.98. The summed E-state index contributed by atoms with van der Waals surface area (Å²) in [5, 5.41) is 3.75. The van der Waals surface area contributed by atoms with E-state index < -0.39 is 0 Å². The molecule has 0 saturated carbocycles. The molecule has 0 spiro atoms. The first kappa shape index (κ1) is 17.6. The molecule has 1 aromatic heterocycles. The van der Waals surface area contributed by atoms with E-state index in [2.05, 4.69) is 39.1 Å². The number of piperidine rings is 2. The van der Waals surface area contributed by atoms with Crippen molar-refractivity contribution >= 4 is 5.82 Å². The van der Waals surface area contributed by atoms with E-state index in [0.717, 1.165) is 37.1 Å². The van der Waals surface area contributed by atoms with Gasteiger partial charge in [-0.3, -0.25) is 4.90 Å². The van der Waals surface area contributed by atoms with E-state index in [1.807, 2.05) is 13.1 Å². The zero-order valence-corrected chi connectivity index (χ0v) is 15.6. The summed E-state index contributed by atoms with van der Waals surface area (Å²) in [6, 6.07) is 1.29. The second kappa shape index (κ2) is 8.26. The van der Waals surface area contributed by atoms with Crippen LogP contribution in [0.15, 0.2) is 6.20 Å². The maximum atomic E-state index is 4.69. The number of rotatable bonds is 5. The van der Waals surface area contributed by atoms with Crippen LogP contribution in [0.25, 0.3) is 0 Å². The number of nitrogens with zero attached hydrogens (tertiary/aromatic N) is 4. The fourth-order valence-electron chi connectivity index (χ4n) is 4.08. The van der Waals surface area contributed by atoms with Gasteiger partial charge in [-0.25, -0.2) is 9.97 Å². The maximum Gasteiger partial charge on any atom is 0.133 e. The van der Waals surface area contributed by atoms with Crippen molar-refractivity contribution < 1.29 is 0 Å². The molecule has 134 valence electrons. The van der Waals surface area contributed by atoms with Gasteiger partial charge in [-0.1, -0.05) is 13.3 Å². The van der Waals surface area contributed by atoms with E-state index in [1.54, 1.807) is 0 Å². The van der Waals surface area contributed by atoms with Gasteiger partial charge >= 0.3 is 0 Å². The van der Waals surface area contributed by atoms with Crippen molar-refractivity contribution in [3.8, 4) is 0 Å². The predicted octanol–water partition coefficient (Wildman–Crippen LogP) is 2.71. The molecule has 2 aliphatic heterocycles. The van der Waals surface area contributed by atoms with Crippen LogP contribution in [0, 0.1) is 6.92 Å². The Morgan fingerprint density at radius 2 is 2.00 bits per heavy atom. The van der Waals surface area contributed by atoms with Crippen LogP contribution in [0.1, 0.15) is 50.4 Å². The van der Waals surface area contributed by atoms with Gasteiger partial charge in [-0.05, 0) is 65.7 Å². The average Bonchev–Trinajstić information content (AvgIpc) is 2.58. The van der Waals surface area contributed by atoms with E-state index >= 15 is 0 Å². The van der Waals surface area contributed by atoms with Crippen molar-refractivity contribution in [3.63, 3.8) is 0 Å². The summed E-state index contributed by atoms with van der Waals surface area (Å²) in [5.41, 5.74) is 1.26. The second-order valence-electron chi connectivity index (χ2n) is 7.55. The number of hydrogen-bond acceptors (Lipinski definition) is 5. The summed E-state index contributed by atoms with van der Waals surface area (Å²) in [6.45, 7) is 9.09. The van der Waals surface area contributed by atoms with Crippen LogP contribution in [-0.2, 0) is 6.42 Å². The minimum Gasteiger partial charge on any atom is -0.366 e. The number of hydrogen-bond donors (Lipinski definition) is 1.